The fraction of sp³-hybridized carbons (Fsp3) is 0.400. The minimum absolute atomic E-state index is 0. The molecule has 4 nitrogen and oxygen atoms in total. The Labute approximate surface area is 129 Å². The lowest BCUT2D eigenvalue weighted by atomic mass is 10.1. The van der Waals surface area contributed by atoms with Crippen LogP contribution in [0.5, 0.6) is 0 Å². The van der Waals surface area contributed by atoms with Crippen LogP contribution >= 0.6 is 12.4 Å². The number of hydrogen-bond acceptors (Lipinski definition) is 3. The summed E-state index contributed by atoms with van der Waals surface area (Å²) >= 11 is 0. The summed E-state index contributed by atoms with van der Waals surface area (Å²) in [6.07, 6.45) is 0. The molecule has 21 heavy (non-hydrogen) atoms. The third-order valence-corrected chi connectivity index (χ3v) is 3.38. The van der Waals surface area contributed by atoms with Crippen molar-refractivity contribution in [3.05, 3.63) is 35.3 Å². The molecule has 1 heterocycles. The molecule has 0 aliphatic rings. The van der Waals surface area contributed by atoms with Gasteiger partial charge in [0.2, 0.25) is 5.91 Å². The molecule has 1 atom stereocenters. The number of rotatable bonds is 5. The van der Waals surface area contributed by atoms with E-state index in [0.29, 0.717) is 24.4 Å². The lowest BCUT2D eigenvalue weighted by Crippen LogP contribution is -2.33. The van der Waals surface area contributed by atoms with Crippen LogP contribution in [0.15, 0.2) is 22.6 Å². The lowest BCUT2D eigenvalue weighted by molar-refractivity contribution is -0.124. The highest BCUT2D eigenvalue weighted by Gasteiger charge is 2.15. The predicted molar refractivity (Wildman–Crippen MR) is 83.1 cm³/mol. The van der Waals surface area contributed by atoms with Crippen molar-refractivity contribution in [2.24, 2.45) is 5.92 Å². The Balaban J connectivity index is 0.00000220. The second-order valence-corrected chi connectivity index (χ2v) is 4.97. The van der Waals surface area contributed by atoms with Crippen molar-refractivity contribution in [2.75, 3.05) is 13.6 Å². The Bertz CT molecular complexity index is 627. The minimum atomic E-state index is -0.292. The van der Waals surface area contributed by atoms with E-state index in [1.165, 1.54) is 12.1 Å². The van der Waals surface area contributed by atoms with Crippen LogP contribution in [-0.2, 0) is 11.3 Å². The highest BCUT2D eigenvalue weighted by atomic mass is 35.5. The zero-order valence-corrected chi connectivity index (χ0v) is 13.1. The first-order valence-electron chi connectivity index (χ1n) is 6.62. The maximum Gasteiger partial charge on any atom is 0.224 e. The van der Waals surface area contributed by atoms with Crippen LogP contribution in [0.2, 0.25) is 0 Å². The van der Waals surface area contributed by atoms with Crippen molar-refractivity contribution in [1.29, 1.82) is 0 Å². The fourth-order valence-corrected chi connectivity index (χ4v) is 2.15. The number of benzene rings is 1. The van der Waals surface area contributed by atoms with Gasteiger partial charge in [0, 0.05) is 23.4 Å². The molecule has 2 N–H and O–H groups in total. The number of hydrogen-bond donors (Lipinski definition) is 2. The van der Waals surface area contributed by atoms with Gasteiger partial charge in [0.1, 0.15) is 17.2 Å². The van der Waals surface area contributed by atoms with Gasteiger partial charge in [-0.05, 0) is 32.2 Å². The zero-order valence-electron chi connectivity index (χ0n) is 12.3. The van der Waals surface area contributed by atoms with Crippen LogP contribution in [0.3, 0.4) is 0 Å². The van der Waals surface area contributed by atoms with E-state index in [1.54, 1.807) is 6.07 Å². The summed E-state index contributed by atoms with van der Waals surface area (Å²) < 4.78 is 18.9. The van der Waals surface area contributed by atoms with Crippen molar-refractivity contribution in [2.45, 2.75) is 20.4 Å². The average molecular weight is 315 g/mol. The summed E-state index contributed by atoms with van der Waals surface area (Å²) in [5.41, 5.74) is 1.50. The summed E-state index contributed by atoms with van der Waals surface area (Å²) in [5.74, 6) is 0.225. The molecule has 0 fully saturated rings. The Morgan fingerprint density at radius 1 is 1.43 bits per heavy atom. The van der Waals surface area contributed by atoms with Crippen LogP contribution in [0.1, 0.15) is 18.2 Å². The molecule has 2 aromatic rings. The molecule has 1 unspecified atom stereocenters. The average Bonchev–Trinajstić information content (AvgIpc) is 2.73. The Morgan fingerprint density at radius 2 is 2.14 bits per heavy atom. The van der Waals surface area contributed by atoms with Gasteiger partial charge in [-0.2, -0.15) is 0 Å². The van der Waals surface area contributed by atoms with E-state index < -0.39 is 0 Å². The first-order chi connectivity index (χ1) is 9.52. The summed E-state index contributed by atoms with van der Waals surface area (Å²) in [7, 11) is 1.81. The third kappa shape index (κ3) is 3.95. The van der Waals surface area contributed by atoms with E-state index in [2.05, 4.69) is 10.6 Å². The molecule has 0 saturated heterocycles. The van der Waals surface area contributed by atoms with Gasteiger partial charge in [-0.25, -0.2) is 4.39 Å². The maximum absolute atomic E-state index is 13.2. The van der Waals surface area contributed by atoms with Gasteiger partial charge in [0.15, 0.2) is 0 Å². The van der Waals surface area contributed by atoms with Crippen molar-refractivity contribution < 1.29 is 13.6 Å². The van der Waals surface area contributed by atoms with Gasteiger partial charge in [0.25, 0.3) is 0 Å². The van der Waals surface area contributed by atoms with Gasteiger partial charge in [0.05, 0.1) is 6.54 Å². The normalized spacial score (nSPS) is 12.0. The van der Waals surface area contributed by atoms with Gasteiger partial charge in [-0.15, -0.1) is 12.4 Å². The molecule has 0 aliphatic carbocycles. The summed E-state index contributed by atoms with van der Waals surface area (Å²) in [5, 5.41) is 6.54. The van der Waals surface area contributed by atoms with Crippen LogP contribution in [0.25, 0.3) is 11.0 Å². The number of aryl methyl sites for hydroxylation is 1. The minimum Gasteiger partial charge on any atom is -0.459 e. The fourth-order valence-electron chi connectivity index (χ4n) is 2.15. The molecule has 2 rings (SSSR count). The highest BCUT2D eigenvalue weighted by Crippen LogP contribution is 2.25. The van der Waals surface area contributed by atoms with Gasteiger partial charge < -0.3 is 15.1 Å². The smallest absolute Gasteiger partial charge is 0.224 e. The van der Waals surface area contributed by atoms with Crippen molar-refractivity contribution in [1.82, 2.24) is 10.6 Å². The topological polar surface area (TPSA) is 54.3 Å². The molecule has 0 spiro atoms. The Hall–Kier alpha value is -1.59. The SMILES string of the molecule is CNCC(C)C(=O)NCc1oc2ccc(F)cc2c1C.Cl. The number of halogens is 2. The Kier molecular flexibility index (Phi) is 6.18. The molecule has 0 saturated carbocycles. The molecule has 1 amide bonds. The maximum atomic E-state index is 13.2. The first-order valence-corrected chi connectivity index (χ1v) is 6.62. The van der Waals surface area contributed by atoms with Crippen LogP contribution < -0.4 is 10.6 Å². The quantitative estimate of drug-likeness (QED) is 0.892. The largest absolute Gasteiger partial charge is 0.459 e. The van der Waals surface area contributed by atoms with Crippen molar-refractivity contribution in [3.8, 4) is 0 Å². The number of furan rings is 1. The molecule has 0 bridgehead atoms. The van der Waals surface area contributed by atoms with E-state index in [0.717, 1.165) is 10.9 Å². The number of carbonyl (C=O) groups is 1. The molecular formula is C15H20ClFN2O2. The molecule has 0 aliphatic heterocycles. The zero-order chi connectivity index (χ0) is 14.7. The molecule has 1 aromatic heterocycles. The van der Waals surface area contributed by atoms with Crippen LogP contribution in [0, 0.1) is 18.7 Å². The van der Waals surface area contributed by atoms with Gasteiger partial charge in [-0.3, -0.25) is 4.79 Å². The molecule has 0 radical (unpaired) electrons. The molecule has 116 valence electrons. The number of carbonyl (C=O) groups excluding carboxylic acids is 1. The lowest BCUT2D eigenvalue weighted by Gasteiger charge is -2.10. The second-order valence-electron chi connectivity index (χ2n) is 4.97. The van der Waals surface area contributed by atoms with Gasteiger partial charge in [-0.1, -0.05) is 6.92 Å². The second kappa shape index (κ2) is 7.43. The van der Waals surface area contributed by atoms with E-state index in [9.17, 15) is 9.18 Å². The summed E-state index contributed by atoms with van der Waals surface area (Å²) in [4.78, 5) is 11.8. The Morgan fingerprint density at radius 3 is 2.81 bits per heavy atom. The summed E-state index contributed by atoms with van der Waals surface area (Å²) in [6.45, 7) is 4.65. The highest BCUT2D eigenvalue weighted by molar-refractivity contribution is 5.85. The molecular weight excluding hydrogens is 295 g/mol. The third-order valence-electron chi connectivity index (χ3n) is 3.38. The van der Waals surface area contributed by atoms with Crippen molar-refractivity contribution >= 4 is 29.3 Å². The van der Waals surface area contributed by atoms with E-state index >= 15 is 0 Å². The van der Waals surface area contributed by atoms with Crippen molar-refractivity contribution in [3.63, 3.8) is 0 Å². The number of nitrogens with one attached hydrogen (secondary N) is 2. The summed E-state index contributed by atoms with van der Waals surface area (Å²) in [6, 6.07) is 4.42. The van der Waals surface area contributed by atoms with E-state index in [4.69, 9.17) is 4.42 Å². The van der Waals surface area contributed by atoms with Gasteiger partial charge >= 0.3 is 0 Å². The molecule has 6 heteroatoms. The monoisotopic (exact) mass is 314 g/mol. The standard InChI is InChI=1S/C15H19FN2O2.ClH/c1-9(7-17-3)15(19)18-8-14-10(2)12-6-11(16)4-5-13(12)20-14;/h4-6,9,17H,7-8H2,1-3H3,(H,18,19);1H. The van der Waals surface area contributed by atoms with E-state index in [1.807, 2.05) is 20.9 Å². The van der Waals surface area contributed by atoms with E-state index in [-0.39, 0.29) is 30.0 Å². The van der Waals surface area contributed by atoms with Crippen LogP contribution in [0.4, 0.5) is 4.39 Å². The van der Waals surface area contributed by atoms with Crippen LogP contribution in [-0.4, -0.2) is 19.5 Å². The first kappa shape index (κ1) is 17.5. The number of fused-ring (bicyclic) bond motifs is 1. The molecule has 1 aromatic carbocycles. The predicted octanol–water partition coefficient (Wildman–Crippen LogP) is 2.77. The number of amides is 1.